The van der Waals surface area contributed by atoms with Gasteiger partial charge in [0.1, 0.15) is 0 Å². The van der Waals surface area contributed by atoms with Gasteiger partial charge in [0.15, 0.2) is 0 Å². The van der Waals surface area contributed by atoms with Crippen LogP contribution in [0.3, 0.4) is 0 Å². The summed E-state index contributed by atoms with van der Waals surface area (Å²) in [5, 5.41) is 6.71. The van der Waals surface area contributed by atoms with E-state index in [4.69, 9.17) is 4.74 Å². The molecule has 0 aromatic rings. The van der Waals surface area contributed by atoms with E-state index >= 15 is 0 Å². The van der Waals surface area contributed by atoms with E-state index in [2.05, 4.69) is 22.5 Å². The van der Waals surface area contributed by atoms with Crippen LogP contribution in [0, 0.1) is 5.92 Å². The smallest absolute Gasteiger partial charge is 0.224 e. The number of amides is 1. The number of hydrogen-bond donors (Lipinski definition) is 2. The van der Waals surface area contributed by atoms with Crippen LogP contribution < -0.4 is 10.6 Å². The third-order valence-electron chi connectivity index (χ3n) is 5.94. The van der Waals surface area contributed by atoms with Gasteiger partial charge in [0, 0.05) is 31.2 Å². The predicted molar refractivity (Wildman–Crippen MR) is 101 cm³/mol. The summed E-state index contributed by atoms with van der Waals surface area (Å²) in [6.07, 6.45) is 7.11. The van der Waals surface area contributed by atoms with E-state index in [1.807, 2.05) is 0 Å². The van der Waals surface area contributed by atoms with Gasteiger partial charge < -0.3 is 15.4 Å². The van der Waals surface area contributed by atoms with E-state index in [1.165, 1.54) is 25.7 Å². The minimum Gasteiger partial charge on any atom is -0.379 e. The average Bonchev–Trinajstić information content (AvgIpc) is 3.07. The molecule has 1 amide bonds. The minimum absolute atomic E-state index is 0. The van der Waals surface area contributed by atoms with E-state index in [9.17, 15) is 4.79 Å². The molecule has 3 fully saturated rings. The molecule has 142 valence electrons. The van der Waals surface area contributed by atoms with E-state index in [1.54, 1.807) is 0 Å². The molecule has 0 aromatic carbocycles. The molecule has 0 spiro atoms. The van der Waals surface area contributed by atoms with Crippen molar-refractivity contribution in [1.29, 1.82) is 0 Å². The first-order chi connectivity index (χ1) is 10.7. The van der Waals surface area contributed by atoms with Gasteiger partial charge in [-0.25, -0.2) is 0 Å². The van der Waals surface area contributed by atoms with Gasteiger partial charge in [0.05, 0.1) is 19.1 Å². The molecule has 7 heteroatoms. The normalized spacial score (nSPS) is 28.3. The first-order valence-electron chi connectivity index (χ1n) is 9.06. The third-order valence-corrected chi connectivity index (χ3v) is 5.94. The molecule has 2 aliphatic heterocycles. The van der Waals surface area contributed by atoms with Crippen LogP contribution in [0.5, 0.6) is 0 Å². The van der Waals surface area contributed by atoms with E-state index in [0.29, 0.717) is 0 Å². The lowest BCUT2D eigenvalue weighted by atomic mass is 9.86. The van der Waals surface area contributed by atoms with Crippen LogP contribution >= 0.6 is 24.8 Å². The third kappa shape index (κ3) is 4.76. The highest BCUT2D eigenvalue weighted by molar-refractivity contribution is 5.85. The summed E-state index contributed by atoms with van der Waals surface area (Å²) in [6.45, 7) is 7.77. The number of ether oxygens (including phenoxy) is 1. The van der Waals surface area contributed by atoms with Crippen molar-refractivity contribution in [2.75, 3.05) is 39.4 Å². The molecule has 2 N–H and O–H groups in total. The van der Waals surface area contributed by atoms with Crippen molar-refractivity contribution in [2.24, 2.45) is 5.92 Å². The molecule has 2 saturated heterocycles. The summed E-state index contributed by atoms with van der Waals surface area (Å²) in [4.78, 5) is 15.2. The molecule has 3 rings (SSSR count). The molecule has 3 aliphatic rings. The van der Waals surface area contributed by atoms with Crippen LogP contribution in [-0.2, 0) is 9.53 Å². The fraction of sp³-hybridized carbons (Fsp3) is 0.941. The van der Waals surface area contributed by atoms with Crippen molar-refractivity contribution in [2.45, 2.75) is 57.0 Å². The molecule has 0 bridgehead atoms. The van der Waals surface area contributed by atoms with Gasteiger partial charge in [0.25, 0.3) is 0 Å². The van der Waals surface area contributed by atoms with Gasteiger partial charge in [-0.15, -0.1) is 24.8 Å². The van der Waals surface area contributed by atoms with Crippen LogP contribution in [0.15, 0.2) is 0 Å². The van der Waals surface area contributed by atoms with Crippen molar-refractivity contribution < 1.29 is 9.53 Å². The number of morpholine rings is 1. The van der Waals surface area contributed by atoms with Crippen molar-refractivity contribution >= 4 is 30.7 Å². The number of nitrogens with one attached hydrogen (secondary N) is 2. The minimum atomic E-state index is 0. The van der Waals surface area contributed by atoms with Crippen molar-refractivity contribution in [3.05, 3.63) is 0 Å². The number of nitrogens with zero attached hydrogens (tertiary/aromatic N) is 1. The Morgan fingerprint density at radius 1 is 1.21 bits per heavy atom. The molecule has 0 aromatic heterocycles. The zero-order valence-corrected chi connectivity index (χ0v) is 16.4. The van der Waals surface area contributed by atoms with E-state index in [-0.39, 0.29) is 48.2 Å². The lowest BCUT2D eigenvalue weighted by molar-refractivity contribution is -0.127. The van der Waals surface area contributed by atoms with Crippen molar-refractivity contribution in [1.82, 2.24) is 15.5 Å². The summed E-state index contributed by atoms with van der Waals surface area (Å²) in [6, 6.07) is 0.225. The number of carbonyl (C=O) groups excluding carboxylic acids is 1. The molecular formula is C17H33Cl2N3O2. The van der Waals surface area contributed by atoms with Gasteiger partial charge in [-0.1, -0.05) is 12.8 Å². The highest BCUT2D eigenvalue weighted by atomic mass is 35.5. The second-order valence-electron chi connectivity index (χ2n) is 7.18. The number of hydrogen-bond acceptors (Lipinski definition) is 4. The zero-order valence-electron chi connectivity index (χ0n) is 14.7. The second kappa shape index (κ2) is 10.2. The van der Waals surface area contributed by atoms with Gasteiger partial charge >= 0.3 is 0 Å². The molecular weight excluding hydrogens is 349 g/mol. The SMILES string of the molecule is CC(NC(=O)C1CCCNC1)C1(N2CCOCC2)CCCC1.Cl.Cl. The number of piperidine rings is 1. The Bertz CT molecular complexity index is 380. The lowest BCUT2D eigenvalue weighted by Gasteiger charge is -2.47. The van der Waals surface area contributed by atoms with E-state index < -0.39 is 0 Å². The first kappa shape index (κ1) is 22.0. The highest BCUT2D eigenvalue weighted by Crippen LogP contribution is 2.38. The van der Waals surface area contributed by atoms with Gasteiger partial charge in [-0.2, -0.15) is 0 Å². The maximum absolute atomic E-state index is 12.6. The maximum atomic E-state index is 12.6. The van der Waals surface area contributed by atoms with Crippen LogP contribution in [-0.4, -0.2) is 61.8 Å². The molecule has 1 saturated carbocycles. The number of halogens is 2. The van der Waals surface area contributed by atoms with Crippen LogP contribution in [0.1, 0.15) is 45.4 Å². The molecule has 2 heterocycles. The Kier molecular flexibility index (Phi) is 9.31. The predicted octanol–water partition coefficient (Wildman–Crippen LogP) is 1.98. The highest BCUT2D eigenvalue weighted by Gasteiger charge is 2.45. The molecule has 5 nitrogen and oxygen atoms in total. The Labute approximate surface area is 158 Å². The fourth-order valence-electron chi connectivity index (χ4n) is 4.56. The zero-order chi connectivity index (χ0) is 15.4. The maximum Gasteiger partial charge on any atom is 0.224 e. The van der Waals surface area contributed by atoms with Crippen LogP contribution in [0.4, 0.5) is 0 Å². The Hall–Kier alpha value is -0.0700. The summed E-state index contributed by atoms with van der Waals surface area (Å²) >= 11 is 0. The summed E-state index contributed by atoms with van der Waals surface area (Å²) < 4.78 is 5.52. The average molecular weight is 382 g/mol. The second-order valence-corrected chi connectivity index (χ2v) is 7.18. The van der Waals surface area contributed by atoms with Crippen LogP contribution in [0.25, 0.3) is 0 Å². The summed E-state index contributed by atoms with van der Waals surface area (Å²) in [5.41, 5.74) is 0.154. The first-order valence-corrected chi connectivity index (χ1v) is 9.06. The monoisotopic (exact) mass is 381 g/mol. The van der Waals surface area contributed by atoms with Gasteiger partial charge in [-0.3, -0.25) is 9.69 Å². The molecule has 2 unspecified atom stereocenters. The number of rotatable bonds is 4. The molecule has 0 radical (unpaired) electrons. The topological polar surface area (TPSA) is 53.6 Å². The Morgan fingerprint density at radius 2 is 1.88 bits per heavy atom. The standard InChI is InChI=1S/C17H31N3O2.2ClH/c1-14(19-16(21)15-5-4-8-18-13-15)17(6-2-3-7-17)20-9-11-22-12-10-20;;/h14-15,18H,2-13H2,1H3,(H,19,21);2*1H. The van der Waals surface area contributed by atoms with Gasteiger partial charge in [0.2, 0.25) is 5.91 Å². The lowest BCUT2D eigenvalue weighted by Crippen LogP contribution is -2.63. The molecule has 24 heavy (non-hydrogen) atoms. The fourth-order valence-corrected chi connectivity index (χ4v) is 4.56. The summed E-state index contributed by atoms with van der Waals surface area (Å²) in [7, 11) is 0. The molecule has 1 aliphatic carbocycles. The van der Waals surface area contributed by atoms with Crippen molar-refractivity contribution in [3.63, 3.8) is 0 Å². The van der Waals surface area contributed by atoms with Crippen molar-refractivity contribution in [3.8, 4) is 0 Å². The largest absolute Gasteiger partial charge is 0.379 e. The Morgan fingerprint density at radius 3 is 2.46 bits per heavy atom. The number of carbonyl (C=O) groups is 1. The van der Waals surface area contributed by atoms with Gasteiger partial charge in [-0.05, 0) is 39.2 Å². The summed E-state index contributed by atoms with van der Waals surface area (Å²) in [5.74, 6) is 0.401. The van der Waals surface area contributed by atoms with E-state index in [0.717, 1.165) is 52.2 Å². The molecule has 2 atom stereocenters. The Balaban J connectivity index is 0.00000144. The van der Waals surface area contributed by atoms with Crippen LogP contribution in [0.2, 0.25) is 0 Å². The quantitative estimate of drug-likeness (QED) is 0.781.